The lowest BCUT2D eigenvalue weighted by Crippen LogP contribution is -2.25. The highest BCUT2D eigenvalue weighted by Crippen LogP contribution is 2.43. The minimum absolute atomic E-state index is 0.0298. The number of halogens is 2. The molecule has 0 spiro atoms. The van der Waals surface area contributed by atoms with Crippen LogP contribution < -0.4 is 19.5 Å². The maximum atomic E-state index is 13.4. The van der Waals surface area contributed by atoms with E-state index < -0.39 is 6.29 Å². The fraction of sp³-hybridized carbons (Fsp3) is 0.136. The van der Waals surface area contributed by atoms with Crippen LogP contribution in [0.15, 0.2) is 60.9 Å². The summed E-state index contributed by atoms with van der Waals surface area (Å²) in [5.41, 5.74) is 1.93. The molecule has 4 aromatic rings. The molecule has 31 heavy (non-hydrogen) atoms. The van der Waals surface area contributed by atoms with Gasteiger partial charge >= 0.3 is 6.29 Å². The Labute approximate surface area is 175 Å². The van der Waals surface area contributed by atoms with Gasteiger partial charge < -0.3 is 19.5 Å². The van der Waals surface area contributed by atoms with Gasteiger partial charge in [0, 0.05) is 35.1 Å². The van der Waals surface area contributed by atoms with E-state index in [1.807, 2.05) is 31.2 Å². The Morgan fingerprint density at radius 2 is 1.90 bits per heavy atom. The predicted molar refractivity (Wildman–Crippen MR) is 110 cm³/mol. The summed E-state index contributed by atoms with van der Waals surface area (Å²) in [5.74, 6) is 1.53. The number of nitrogens with one attached hydrogen (secondary N) is 1. The summed E-state index contributed by atoms with van der Waals surface area (Å²) in [6, 6.07) is 13.6. The van der Waals surface area contributed by atoms with Gasteiger partial charge in [0.05, 0.1) is 12.1 Å². The number of aromatic nitrogens is 3. The zero-order chi connectivity index (χ0) is 21.4. The first-order valence-electron chi connectivity index (χ1n) is 9.53. The molecule has 0 unspecified atom stereocenters. The number of ether oxygens (including phenoxy) is 3. The van der Waals surface area contributed by atoms with Crippen LogP contribution in [-0.2, 0) is 0 Å². The van der Waals surface area contributed by atoms with E-state index in [9.17, 15) is 8.78 Å². The van der Waals surface area contributed by atoms with Crippen molar-refractivity contribution in [3.05, 3.63) is 60.9 Å². The molecule has 1 aliphatic rings. The largest absolute Gasteiger partial charge is 0.586 e. The Balaban J connectivity index is 1.60. The minimum atomic E-state index is -3.68. The average Bonchev–Trinajstić information content (AvgIpc) is 3.08. The van der Waals surface area contributed by atoms with Crippen molar-refractivity contribution in [2.75, 3.05) is 11.9 Å². The van der Waals surface area contributed by atoms with Crippen molar-refractivity contribution < 1.29 is 23.0 Å². The highest BCUT2D eigenvalue weighted by molar-refractivity contribution is 5.93. The number of hydrogen-bond donors (Lipinski definition) is 1. The normalized spacial score (nSPS) is 13.9. The van der Waals surface area contributed by atoms with Crippen molar-refractivity contribution >= 4 is 22.4 Å². The molecule has 0 amide bonds. The molecule has 7 nitrogen and oxygen atoms in total. The molecule has 5 rings (SSSR count). The number of benzene rings is 2. The van der Waals surface area contributed by atoms with Gasteiger partial charge in [-0.25, -0.2) is 9.97 Å². The van der Waals surface area contributed by atoms with Gasteiger partial charge in [0.1, 0.15) is 11.6 Å². The van der Waals surface area contributed by atoms with Crippen LogP contribution in [0.3, 0.4) is 0 Å². The van der Waals surface area contributed by atoms with Crippen LogP contribution in [0.4, 0.5) is 20.3 Å². The van der Waals surface area contributed by atoms with Crippen LogP contribution in [0.5, 0.6) is 17.2 Å². The van der Waals surface area contributed by atoms with Crippen molar-refractivity contribution in [1.29, 1.82) is 0 Å². The molecule has 3 heterocycles. The van der Waals surface area contributed by atoms with Gasteiger partial charge in [-0.1, -0.05) is 0 Å². The second-order valence-electron chi connectivity index (χ2n) is 6.70. The van der Waals surface area contributed by atoms with E-state index in [2.05, 4.69) is 29.7 Å². The lowest BCUT2D eigenvalue weighted by molar-refractivity contribution is -0.286. The van der Waals surface area contributed by atoms with Crippen LogP contribution in [0.25, 0.3) is 22.3 Å². The van der Waals surface area contributed by atoms with Gasteiger partial charge in [-0.3, -0.25) is 4.98 Å². The third-order valence-corrected chi connectivity index (χ3v) is 4.56. The van der Waals surface area contributed by atoms with Crippen LogP contribution >= 0.6 is 0 Å². The fourth-order valence-corrected chi connectivity index (χ4v) is 3.25. The Kier molecular flexibility index (Phi) is 4.50. The fourth-order valence-electron chi connectivity index (χ4n) is 3.25. The lowest BCUT2D eigenvalue weighted by atomic mass is 10.2. The molecule has 0 atom stereocenters. The number of alkyl halides is 2. The van der Waals surface area contributed by atoms with E-state index in [1.54, 1.807) is 24.5 Å². The van der Waals surface area contributed by atoms with Gasteiger partial charge in [0.25, 0.3) is 0 Å². The van der Waals surface area contributed by atoms with Crippen molar-refractivity contribution in [1.82, 2.24) is 15.0 Å². The second-order valence-corrected chi connectivity index (χ2v) is 6.70. The van der Waals surface area contributed by atoms with E-state index in [4.69, 9.17) is 4.74 Å². The van der Waals surface area contributed by atoms with Crippen molar-refractivity contribution in [2.45, 2.75) is 13.2 Å². The average molecular weight is 422 g/mol. The standard InChI is InChI=1S/C22H16F2N4O3/c1-2-29-15-6-7-17-16(11-15)21(28-20(27-17)13-4-3-9-25-12-13)26-14-5-8-18-19(10-14)31-22(23,24)30-18/h3-12H,2H2,1H3,(H,26,27,28). The summed E-state index contributed by atoms with van der Waals surface area (Å²) in [7, 11) is 0. The molecule has 1 aliphatic heterocycles. The van der Waals surface area contributed by atoms with Crippen LogP contribution in [-0.4, -0.2) is 27.9 Å². The van der Waals surface area contributed by atoms with Crippen LogP contribution in [0.1, 0.15) is 6.92 Å². The third kappa shape index (κ3) is 3.77. The zero-order valence-corrected chi connectivity index (χ0v) is 16.3. The molecule has 0 aliphatic carbocycles. The number of hydrogen-bond acceptors (Lipinski definition) is 7. The highest BCUT2D eigenvalue weighted by atomic mass is 19.3. The third-order valence-electron chi connectivity index (χ3n) is 4.56. The highest BCUT2D eigenvalue weighted by Gasteiger charge is 2.43. The zero-order valence-electron chi connectivity index (χ0n) is 16.3. The number of fused-ring (bicyclic) bond motifs is 2. The molecule has 0 saturated heterocycles. The van der Waals surface area contributed by atoms with Gasteiger partial charge in [-0.2, -0.15) is 0 Å². The quantitative estimate of drug-likeness (QED) is 0.476. The Morgan fingerprint density at radius 3 is 2.71 bits per heavy atom. The van der Waals surface area contributed by atoms with Crippen molar-refractivity contribution in [3.8, 4) is 28.6 Å². The van der Waals surface area contributed by atoms with Crippen LogP contribution in [0, 0.1) is 0 Å². The summed E-state index contributed by atoms with van der Waals surface area (Å²) in [4.78, 5) is 13.4. The molecule has 1 N–H and O–H groups in total. The monoisotopic (exact) mass is 422 g/mol. The molecular weight excluding hydrogens is 406 g/mol. The predicted octanol–water partition coefficient (Wildman–Crippen LogP) is 5.16. The molecule has 0 fully saturated rings. The summed E-state index contributed by atoms with van der Waals surface area (Å²) >= 11 is 0. The molecule has 0 saturated carbocycles. The number of pyridine rings is 1. The van der Waals surface area contributed by atoms with Crippen molar-refractivity contribution in [3.63, 3.8) is 0 Å². The second kappa shape index (κ2) is 7.35. The minimum Gasteiger partial charge on any atom is -0.494 e. The number of nitrogens with zero attached hydrogens (tertiary/aromatic N) is 3. The molecule has 2 aromatic carbocycles. The van der Waals surface area contributed by atoms with E-state index in [0.717, 1.165) is 5.56 Å². The lowest BCUT2D eigenvalue weighted by Gasteiger charge is -2.13. The maximum absolute atomic E-state index is 13.4. The van der Waals surface area contributed by atoms with E-state index in [0.29, 0.717) is 40.6 Å². The van der Waals surface area contributed by atoms with Gasteiger partial charge in [-0.15, -0.1) is 8.78 Å². The Bertz CT molecular complexity index is 1270. The van der Waals surface area contributed by atoms with Crippen molar-refractivity contribution in [2.24, 2.45) is 0 Å². The molecule has 9 heteroatoms. The van der Waals surface area contributed by atoms with E-state index in [-0.39, 0.29) is 11.5 Å². The number of anilines is 2. The van der Waals surface area contributed by atoms with Gasteiger partial charge in [0.15, 0.2) is 17.3 Å². The summed E-state index contributed by atoms with van der Waals surface area (Å²) in [6.07, 6.45) is -0.342. The Hall–Kier alpha value is -4.01. The first-order chi connectivity index (χ1) is 15.0. The molecule has 2 aromatic heterocycles. The van der Waals surface area contributed by atoms with Gasteiger partial charge in [0.2, 0.25) is 0 Å². The molecule has 0 bridgehead atoms. The molecule has 0 radical (unpaired) electrons. The first kappa shape index (κ1) is 19.0. The van der Waals surface area contributed by atoms with Crippen LogP contribution in [0.2, 0.25) is 0 Å². The summed E-state index contributed by atoms with van der Waals surface area (Å²) in [5, 5.41) is 3.89. The van der Waals surface area contributed by atoms with E-state index >= 15 is 0 Å². The SMILES string of the molecule is CCOc1ccc2nc(-c3cccnc3)nc(Nc3ccc4c(c3)OC(F)(F)O4)c2c1. The maximum Gasteiger partial charge on any atom is 0.586 e. The summed E-state index contributed by atoms with van der Waals surface area (Å²) < 4.78 is 41.3. The first-order valence-corrected chi connectivity index (χ1v) is 9.53. The number of rotatable bonds is 5. The molecular formula is C22H16F2N4O3. The smallest absolute Gasteiger partial charge is 0.494 e. The summed E-state index contributed by atoms with van der Waals surface area (Å²) in [6.45, 7) is 2.41. The Morgan fingerprint density at radius 1 is 1.03 bits per heavy atom. The molecule has 156 valence electrons. The topological polar surface area (TPSA) is 78.4 Å². The van der Waals surface area contributed by atoms with E-state index in [1.165, 1.54) is 12.1 Å². The van der Waals surface area contributed by atoms with Gasteiger partial charge in [-0.05, 0) is 49.4 Å².